The van der Waals surface area contributed by atoms with Crippen molar-refractivity contribution in [1.82, 2.24) is 9.80 Å². The number of hydrogen-bond acceptors (Lipinski definition) is 2. The molecular formula is C19H28N2O2. The number of amides is 2. The fraction of sp³-hybridized carbons (Fsp3) is 0.579. The molecule has 0 aromatic heterocycles. The number of carbonyl (C=O) groups excluding carboxylic acids is 2. The maximum atomic E-state index is 12.6. The van der Waals surface area contributed by atoms with E-state index in [0.717, 1.165) is 32.2 Å². The van der Waals surface area contributed by atoms with Crippen molar-refractivity contribution in [3.8, 4) is 0 Å². The first-order chi connectivity index (χ1) is 11.2. The number of nitrogens with zero attached hydrogens (tertiary/aromatic N) is 2. The zero-order valence-corrected chi connectivity index (χ0v) is 14.4. The van der Waals surface area contributed by atoms with E-state index in [1.807, 2.05) is 24.0 Å². The van der Waals surface area contributed by atoms with Crippen LogP contribution in [-0.2, 0) is 22.6 Å². The van der Waals surface area contributed by atoms with Crippen molar-refractivity contribution in [2.45, 2.75) is 52.5 Å². The summed E-state index contributed by atoms with van der Waals surface area (Å²) in [5, 5.41) is 0. The van der Waals surface area contributed by atoms with Crippen LogP contribution >= 0.6 is 0 Å². The molecule has 0 N–H and O–H groups in total. The average molecular weight is 316 g/mol. The van der Waals surface area contributed by atoms with Gasteiger partial charge in [-0.2, -0.15) is 0 Å². The van der Waals surface area contributed by atoms with Crippen molar-refractivity contribution < 1.29 is 9.59 Å². The highest BCUT2D eigenvalue weighted by atomic mass is 16.2. The molecule has 1 aromatic rings. The number of rotatable bonds is 7. The molecule has 1 heterocycles. The summed E-state index contributed by atoms with van der Waals surface area (Å²) in [4.78, 5) is 28.5. The molecule has 0 saturated carbocycles. The van der Waals surface area contributed by atoms with E-state index in [0.29, 0.717) is 19.5 Å². The van der Waals surface area contributed by atoms with Gasteiger partial charge in [-0.05, 0) is 30.4 Å². The Hall–Kier alpha value is -1.84. The van der Waals surface area contributed by atoms with E-state index in [2.05, 4.69) is 19.1 Å². The van der Waals surface area contributed by atoms with E-state index >= 15 is 0 Å². The number of hydrogen-bond donors (Lipinski definition) is 0. The van der Waals surface area contributed by atoms with Crippen molar-refractivity contribution in [1.29, 1.82) is 0 Å². The average Bonchev–Trinajstić information content (AvgIpc) is 2.58. The first kappa shape index (κ1) is 17.5. The highest BCUT2D eigenvalue weighted by Crippen LogP contribution is 2.18. The summed E-state index contributed by atoms with van der Waals surface area (Å²) in [7, 11) is 0. The smallest absolute Gasteiger partial charge is 0.242 e. The minimum absolute atomic E-state index is 0.0695. The van der Waals surface area contributed by atoms with Crippen LogP contribution in [0.5, 0.6) is 0 Å². The maximum Gasteiger partial charge on any atom is 0.242 e. The first-order valence-corrected chi connectivity index (χ1v) is 8.78. The Labute approximate surface area is 139 Å². The minimum Gasteiger partial charge on any atom is -0.336 e. The van der Waals surface area contributed by atoms with Crippen LogP contribution in [0.2, 0.25) is 0 Å². The number of carbonyl (C=O) groups is 2. The van der Waals surface area contributed by atoms with E-state index in [1.54, 1.807) is 4.90 Å². The number of unbranched alkanes of at least 4 members (excludes halogenated alkanes) is 1. The molecule has 0 aliphatic carbocycles. The molecule has 0 fully saturated rings. The van der Waals surface area contributed by atoms with Crippen LogP contribution in [0.3, 0.4) is 0 Å². The van der Waals surface area contributed by atoms with Crippen LogP contribution in [0.4, 0.5) is 0 Å². The Kier molecular flexibility index (Phi) is 6.63. The van der Waals surface area contributed by atoms with Gasteiger partial charge in [0.15, 0.2) is 0 Å². The molecule has 126 valence electrons. The fourth-order valence-electron chi connectivity index (χ4n) is 2.98. The van der Waals surface area contributed by atoms with Gasteiger partial charge in [0.25, 0.3) is 0 Å². The second kappa shape index (κ2) is 8.70. The van der Waals surface area contributed by atoms with Gasteiger partial charge in [-0.1, -0.05) is 44.5 Å². The second-order valence-corrected chi connectivity index (χ2v) is 6.25. The highest BCUT2D eigenvalue weighted by Gasteiger charge is 2.23. The predicted octanol–water partition coefficient (Wildman–Crippen LogP) is 3.00. The summed E-state index contributed by atoms with van der Waals surface area (Å²) in [5.74, 6) is 0.173. The van der Waals surface area contributed by atoms with E-state index in [4.69, 9.17) is 0 Å². The Morgan fingerprint density at radius 1 is 1.13 bits per heavy atom. The molecule has 1 aromatic carbocycles. The van der Waals surface area contributed by atoms with Gasteiger partial charge in [-0.3, -0.25) is 9.59 Å². The third kappa shape index (κ3) is 4.81. The molecule has 0 saturated heterocycles. The van der Waals surface area contributed by atoms with Crippen molar-refractivity contribution in [3.63, 3.8) is 0 Å². The molecule has 23 heavy (non-hydrogen) atoms. The van der Waals surface area contributed by atoms with Crippen LogP contribution in [0, 0.1) is 0 Å². The minimum atomic E-state index is 0.0695. The van der Waals surface area contributed by atoms with E-state index in [-0.39, 0.29) is 18.4 Å². The molecule has 0 radical (unpaired) electrons. The van der Waals surface area contributed by atoms with Gasteiger partial charge in [0.05, 0.1) is 6.54 Å². The lowest BCUT2D eigenvalue weighted by Crippen LogP contribution is -2.44. The van der Waals surface area contributed by atoms with E-state index < -0.39 is 0 Å². The Morgan fingerprint density at radius 2 is 1.87 bits per heavy atom. The summed E-state index contributed by atoms with van der Waals surface area (Å²) in [6, 6.07) is 8.29. The molecule has 1 aliphatic heterocycles. The topological polar surface area (TPSA) is 40.6 Å². The molecule has 0 unspecified atom stereocenters. The van der Waals surface area contributed by atoms with Gasteiger partial charge in [-0.15, -0.1) is 0 Å². The molecule has 2 rings (SSSR count). The molecule has 4 heteroatoms. The van der Waals surface area contributed by atoms with Gasteiger partial charge < -0.3 is 9.80 Å². The van der Waals surface area contributed by atoms with Crippen molar-refractivity contribution >= 4 is 11.8 Å². The summed E-state index contributed by atoms with van der Waals surface area (Å²) in [6.07, 6.45) is 4.24. The van der Waals surface area contributed by atoms with Crippen molar-refractivity contribution in [2.24, 2.45) is 0 Å². The summed E-state index contributed by atoms with van der Waals surface area (Å²) >= 11 is 0. The molecule has 0 spiro atoms. The third-order valence-electron chi connectivity index (χ3n) is 4.41. The fourth-order valence-corrected chi connectivity index (χ4v) is 2.98. The third-order valence-corrected chi connectivity index (χ3v) is 4.41. The number of fused-ring (bicyclic) bond motifs is 1. The van der Waals surface area contributed by atoms with Crippen LogP contribution in [0.1, 0.15) is 50.7 Å². The largest absolute Gasteiger partial charge is 0.336 e. The molecule has 1 aliphatic rings. The Morgan fingerprint density at radius 3 is 2.57 bits per heavy atom. The Balaban J connectivity index is 1.97. The van der Waals surface area contributed by atoms with Crippen molar-refractivity contribution in [2.75, 3.05) is 19.6 Å². The van der Waals surface area contributed by atoms with Crippen LogP contribution in [0.25, 0.3) is 0 Å². The normalized spacial score (nSPS) is 13.6. The molecule has 0 bridgehead atoms. The van der Waals surface area contributed by atoms with Crippen molar-refractivity contribution in [3.05, 3.63) is 35.4 Å². The standard InChI is InChI=1S/C19H28N2O2/c1-3-5-12-20(18(22)8-4-2)15-19(23)21-13-11-16-9-6-7-10-17(16)14-21/h6-7,9-10H,3-5,8,11-15H2,1-2H3. The van der Waals surface area contributed by atoms with Crippen LogP contribution in [-0.4, -0.2) is 41.2 Å². The quantitative estimate of drug-likeness (QED) is 0.776. The maximum absolute atomic E-state index is 12.6. The van der Waals surface area contributed by atoms with Gasteiger partial charge in [0.1, 0.15) is 0 Å². The lowest BCUT2D eigenvalue weighted by Gasteiger charge is -2.31. The van der Waals surface area contributed by atoms with Crippen LogP contribution in [0.15, 0.2) is 24.3 Å². The zero-order chi connectivity index (χ0) is 16.7. The molecule has 4 nitrogen and oxygen atoms in total. The lowest BCUT2D eigenvalue weighted by atomic mass is 10.00. The van der Waals surface area contributed by atoms with Gasteiger partial charge in [0.2, 0.25) is 11.8 Å². The first-order valence-electron chi connectivity index (χ1n) is 8.78. The van der Waals surface area contributed by atoms with E-state index in [1.165, 1.54) is 11.1 Å². The highest BCUT2D eigenvalue weighted by molar-refractivity contribution is 5.85. The second-order valence-electron chi connectivity index (χ2n) is 6.25. The van der Waals surface area contributed by atoms with Crippen LogP contribution < -0.4 is 0 Å². The van der Waals surface area contributed by atoms with Gasteiger partial charge in [-0.25, -0.2) is 0 Å². The monoisotopic (exact) mass is 316 g/mol. The summed E-state index contributed by atoms with van der Waals surface area (Å²) in [6.45, 7) is 6.43. The van der Waals surface area contributed by atoms with E-state index in [9.17, 15) is 9.59 Å². The Bertz CT molecular complexity index is 542. The van der Waals surface area contributed by atoms with Gasteiger partial charge in [0, 0.05) is 26.1 Å². The molecule has 0 atom stereocenters. The zero-order valence-electron chi connectivity index (χ0n) is 14.4. The lowest BCUT2D eigenvalue weighted by molar-refractivity contribution is -0.141. The van der Waals surface area contributed by atoms with Gasteiger partial charge >= 0.3 is 0 Å². The SMILES string of the molecule is CCCCN(CC(=O)N1CCc2ccccc2C1)C(=O)CCC. The summed E-state index contributed by atoms with van der Waals surface area (Å²) in [5.41, 5.74) is 2.56. The molecule has 2 amide bonds. The summed E-state index contributed by atoms with van der Waals surface area (Å²) < 4.78 is 0. The predicted molar refractivity (Wildman–Crippen MR) is 92.0 cm³/mol. The number of benzene rings is 1. The molecular weight excluding hydrogens is 288 g/mol.